The zero-order chi connectivity index (χ0) is 15.3. The Morgan fingerprint density at radius 2 is 2.00 bits per heavy atom. The third-order valence-electron chi connectivity index (χ3n) is 2.39. The Bertz CT molecular complexity index is 494. The summed E-state index contributed by atoms with van der Waals surface area (Å²) in [6.07, 6.45) is 0.174. The van der Waals surface area contributed by atoms with Gasteiger partial charge in [-0.25, -0.2) is 4.79 Å². The zero-order valence-corrected chi connectivity index (χ0v) is 13.0. The van der Waals surface area contributed by atoms with E-state index < -0.39 is 17.6 Å². The molecule has 0 radical (unpaired) electrons. The predicted octanol–water partition coefficient (Wildman–Crippen LogP) is 2.73. The molecular weight excluding hydrogens is 278 g/mol. The largest absolute Gasteiger partial charge is 0.458 e. The molecule has 0 heterocycles. The first kappa shape index (κ1) is 16.5. The van der Waals surface area contributed by atoms with Crippen molar-refractivity contribution >= 4 is 23.5 Å². The first-order valence-electron chi connectivity index (χ1n) is 6.44. The Morgan fingerprint density at radius 3 is 2.55 bits per heavy atom. The number of hydrogen-bond acceptors (Lipinski definition) is 3. The smallest absolute Gasteiger partial charge is 0.328 e. The molecule has 0 fully saturated rings. The quantitative estimate of drug-likeness (QED) is 0.869. The average molecular weight is 298 g/mol. The van der Waals surface area contributed by atoms with Crippen LogP contribution in [0.4, 0.5) is 0 Å². The number of hydrogen-bond donors (Lipinski definition) is 1. The minimum Gasteiger partial charge on any atom is -0.458 e. The number of rotatable bonds is 4. The van der Waals surface area contributed by atoms with E-state index in [1.807, 2.05) is 6.07 Å². The van der Waals surface area contributed by atoms with E-state index in [9.17, 15) is 9.59 Å². The second-order valence-electron chi connectivity index (χ2n) is 5.63. The van der Waals surface area contributed by atoms with E-state index in [4.69, 9.17) is 16.3 Å². The highest BCUT2D eigenvalue weighted by atomic mass is 35.5. The molecule has 0 aliphatic carbocycles. The molecule has 1 atom stereocenters. The molecule has 0 saturated carbocycles. The summed E-state index contributed by atoms with van der Waals surface area (Å²) in [5.41, 5.74) is 0.231. The van der Waals surface area contributed by atoms with Crippen LogP contribution in [-0.4, -0.2) is 23.5 Å². The van der Waals surface area contributed by atoms with E-state index in [0.29, 0.717) is 5.02 Å². The van der Waals surface area contributed by atoms with Crippen LogP contribution in [0.3, 0.4) is 0 Å². The van der Waals surface area contributed by atoms with Crippen molar-refractivity contribution in [2.75, 3.05) is 0 Å². The van der Waals surface area contributed by atoms with Crippen LogP contribution < -0.4 is 5.32 Å². The Kier molecular flexibility index (Phi) is 5.57. The molecule has 0 aliphatic rings. The van der Waals surface area contributed by atoms with E-state index >= 15 is 0 Å². The summed E-state index contributed by atoms with van der Waals surface area (Å²) in [5, 5.41) is 3.19. The molecule has 1 aromatic rings. The van der Waals surface area contributed by atoms with Crippen LogP contribution in [0.25, 0.3) is 0 Å². The molecule has 1 N–H and O–H groups in total. The van der Waals surface area contributed by atoms with Crippen LogP contribution in [0.2, 0.25) is 5.02 Å². The van der Waals surface area contributed by atoms with Gasteiger partial charge in [-0.15, -0.1) is 0 Å². The van der Waals surface area contributed by atoms with Crippen molar-refractivity contribution in [2.45, 2.75) is 45.8 Å². The van der Waals surface area contributed by atoms with Crippen LogP contribution in [-0.2, 0) is 20.7 Å². The Hall–Kier alpha value is -1.55. The molecular formula is C15H20ClNO3. The minimum absolute atomic E-state index is 0.174. The second-order valence-corrected chi connectivity index (χ2v) is 6.07. The third kappa shape index (κ3) is 6.06. The minimum atomic E-state index is -0.680. The maximum Gasteiger partial charge on any atom is 0.328 e. The van der Waals surface area contributed by atoms with Gasteiger partial charge in [-0.05, 0) is 45.4 Å². The molecule has 5 heteroatoms. The van der Waals surface area contributed by atoms with Crippen molar-refractivity contribution in [3.05, 3.63) is 34.9 Å². The van der Waals surface area contributed by atoms with E-state index in [1.165, 1.54) is 0 Å². The Morgan fingerprint density at radius 1 is 1.35 bits per heavy atom. The van der Waals surface area contributed by atoms with Gasteiger partial charge in [-0.1, -0.05) is 23.7 Å². The SMILES string of the molecule is C[C@@H](NC(=O)Cc1cccc(Cl)c1)C(=O)OC(C)(C)C. The molecule has 1 aromatic carbocycles. The van der Waals surface area contributed by atoms with Crippen LogP contribution >= 0.6 is 11.6 Å². The fourth-order valence-corrected chi connectivity index (χ4v) is 1.79. The normalized spacial score (nSPS) is 12.7. The zero-order valence-electron chi connectivity index (χ0n) is 12.2. The molecule has 0 saturated heterocycles. The molecule has 0 unspecified atom stereocenters. The highest BCUT2D eigenvalue weighted by Crippen LogP contribution is 2.11. The molecule has 0 aliphatic heterocycles. The van der Waals surface area contributed by atoms with Crippen LogP contribution in [0.1, 0.15) is 33.3 Å². The van der Waals surface area contributed by atoms with Gasteiger partial charge in [0.1, 0.15) is 11.6 Å². The number of esters is 1. The summed E-state index contributed by atoms with van der Waals surface area (Å²) >= 11 is 5.85. The van der Waals surface area contributed by atoms with Crippen molar-refractivity contribution in [3.63, 3.8) is 0 Å². The molecule has 20 heavy (non-hydrogen) atoms. The number of ether oxygens (including phenoxy) is 1. The highest BCUT2D eigenvalue weighted by molar-refractivity contribution is 6.30. The van der Waals surface area contributed by atoms with Gasteiger partial charge in [0.25, 0.3) is 0 Å². The lowest BCUT2D eigenvalue weighted by atomic mass is 10.1. The van der Waals surface area contributed by atoms with Gasteiger partial charge in [0, 0.05) is 5.02 Å². The fourth-order valence-electron chi connectivity index (χ4n) is 1.57. The monoisotopic (exact) mass is 297 g/mol. The van der Waals surface area contributed by atoms with Gasteiger partial charge in [-0.3, -0.25) is 4.79 Å². The maximum atomic E-state index is 11.8. The Balaban J connectivity index is 2.52. The summed E-state index contributed by atoms with van der Waals surface area (Å²) in [6, 6.07) is 6.37. The van der Waals surface area contributed by atoms with Crippen molar-refractivity contribution in [1.82, 2.24) is 5.32 Å². The second kappa shape index (κ2) is 6.75. The van der Waals surface area contributed by atoms with E-state index in [2.05, 4.69) is 5.32 Å². The summed E-state index contributed by atoms with van der Waals surface area (Å²) in [7, 11) is 0. The lowest BCUT2D eigenvalue weighted by Crippen LogP contribution is -2.42. The first-order valence-corrected chi connectivity index (χ1v) is 6.82. The van der Waals surface area contributed by atoms with E-state index in [-0.39, 0.29) is 12.3 Å². The van der Waals surface area contributed by atoms with Crippen LogP contribution in [0, 0.1) is 0 Å². The standard InChI is InChI=1S/C15H20ClNO3/c1-10(14(19)20-15(2,3)4)17-13(18)9-11-6-5-7-12(16)8-11/h5-8,10H,9H2,1-4H3,(H,17,18)/t10-/m1/s1. The summed E-state index contributed by atoms with van der Waals surface area (Å²) in [6.45, 7) is 6.95. The number of benzene rings is 1. The molecule has 0 spiro atoms. The van der Waals surface area contributed by atoms with Crippen molar-refractivity contribution in [2.24, 2.45) is 0 Å². The van der Waals surface area contributed by atoms with Crippen molar-refractivity contribution in [3.8, 4) is 0 Å². The fraction of sp³-hybridized carbons (Fsp3) is 0.467. The van der Waals surface area contributed by atoms with E-state index in [0.717, 1.165) is 5.56 Å². The van der Waals surface area contributed by atoms with Gasteiger partial charge in [0.2, 0.25) is 5.91 Å². The lowest BCUT2D eigenvalue weighted by molar-refractivity contribution is -0.158. The van der Waals surface area contributed by atoms with E-state index in [1.54, 1.807) is 45.9 Å². The number of carbonyl (C=O) groups is 2. The summed E-state index contributed by atoms with van der Waals surface area (Å²) in [4.78, 5) is 23.6. The lowest BCUT2D eigenvalue weighted by Gasteiger charge is -2.22. The maximum absolute atomic E-state index is 11.8. The van der Waals surface area contributed by atoms with Gasteiger partial charge >= 0.3 is 5.97 Å². The Labute approximate surface area is 124 Å². The number of amides is 1. The summed E-state index contributed by atoms with van der Waals surface area (Å²) < 4.78 is 5.19. The van der Waals surface area contributed by atoms with Gasteiger partial charge < -0.3 is 10.1 Å². The highest BCUT2D eigenvalue weighted by Gasteiger charge is 2.22. The first-order chi connectivity index (χ1) is 9.17. The van der Waals surface area contributed by atoms with Crippen molar-refractivity contribution in [1.29, 1.82) is 0 Å². The van der Waals surface area contributed by atoms with Crippen molar-refractivity contribution < 1.29 is 14.3 Å². The van der Waals surface area contributed by atoms with Crippen LogP contribution in [0.5, 0.6) is 0 Å². The molecule has 0 bridgehead atoms. The predicted molar refractivity (Wildman–Crippen MR) is 78.6 cm³/mol. The third-order valence-corrected chi connectivity index (χ3v) is 2.63. The number of halogens is 1. The number of nitrogens with one attached hydrogen (secondary N) is 1. The molecule has 4 nitrogen and oxygen atoms in total. The van der Waals surface area contributed by atoms with Gasteiger partial charge in [0.15, 0.2) is 0 Å². The van der Waals surface area contributed by atoms with Gasteiger partial charge in [0.05, 0.1) is 6.42 Å². The molecule has 1 amide bonds. The molecule has 1 rings (SSSR count). The van der Waals surface area contributed by atoms with Crippen LogP contribution in [0.15, 0.2) is 24.3 Å². The molecule has 0 aromatic heterocycles. The average Bonchev–Trinajstić information content (AvgIpc) is 2.26. The number of carbonyl (C=O) groups excluding carboxylic acids is 2. The molecule has 110 valence electrons. The van der Waals surface area contributed by atoms with Gasteiger partial charge in [-0.2, -0.15) is 0 Å². The summed E-state index contributed by atoms with van der Waals surface area (Å²) in [5.74, 6) is -0.692. The topological polar surface area (TPSA) is 55.4 Å².